The molecular weight excluding hydrogens is 384 g/mol. The van der Waals surface area contributed by atoms with Crippen LogP contribution in [0.15, 0.2) is 47.8 Å². The van der Waals surface area contributed by atoms with Gasteiger partial charge >= 0.3 is 0 Å². The Balaban J connectivity index is 1.71. The van der Waals surface area contributed by atoms with Gasteiger partial charge in [0.1, 0.15) is 0 Å². The van der Waals surface area contributed by atoms with Crippen LogP contribution in [0.25, 0.3) is 11.3 Å². The van der Waals surface area contributed by atoms with Gasteiger partial charge in [-0.15, -0.1) is 11.3 Å². The van der Waals surface area contributed by atoms with Gasteiger partial charge in [-0.25, -0.2) is 4.98 Å². The van der Waals surface area contributed by atoms with Crippen molar-refractivity contribution in [2.75, 3.05) is 19.5 Å². The number of ether oxygens (including phenoxy) is 2. The molecule has 6 heteroatoms. The van der Waals surface area contributed by atoms with Crippen molar-refractivity contribution >= 4 is 22.9 Å². The summed E-state index contributed by atoms with van der Waals surface area (Å²) in [5.41, 5.74) is 3.43. The smallest absolute Gasteiger partial charge is 0.229 e. The molecule has 1 N–H and O–H groups in total. The van der Waals surface area contributed by atoms with E-state index in [9.17, 15) is 4.79 Å². The van der Waals surface area contributed by atoms with Crippen molar-refractivity contribution in [3.63, 3.8) is 0 Å². The number of anilines is 1. The molecule has 0 saturated heterocycles. The summed E-state index contributed by atoms with van der Waals surface area (Å²) in [6.07, 6.45) is 0.727. The van der Waals surface area contributed by atoms with Crippen LogP contribution in [0.2, 0.25) is 0 Å². The topological polar surface area (TPSA) is 60.5 Å². The zero-order valence-electron chi connectivity index (χ0n) is 17.4. The molecule has 0 unspecified atom stereocenters. The van der Waals surface area contributed by atoms with Crippen LogP contribution in [0, 0.1) is 5.41 Å². The first-order valence-electron chi connectivity index (χ1n) is 9.37. The summed E-state index contributed by atoms with van der Waals surface area (Å²) >= 11 is 1.63. The largest absolute Gasteiger partial charge is 0.493 e. The van der Waals surface area contributed by atoms with E-state index in [-0.39, 0.29) is 5.91 Å². The summed E-state index contributed by atoms with van der Waals surface area (Å²) < 4.78 is 10.7. The Morgan fingerprint density at radius 2 is 1.72 bits per heavy atom. The number of rotatable bonds is 6. The summed E-state index contributed by atoms with van der Waals surface area (Å²) in [5.74, 6) is 1.43. The molecule has 0 aliphatic carbocycles. The Morgan fingerprint density at radius 3 is 2.34 bits per heavy atom. The molecule has 5 nitrogen and oxygen atoms in total. The van der Waals surface area contributed by atoms with E-state index in [1.165, 1.54) is 0 Å². The summed E-state index contributed by atoms with van der Waals surface area (Å²) in [5, 5.41) is 6.02. The highest BCUT2D eigenvalue weighted by molar-refractivity contribution is 7.10. The standard InChI is InChI=1S/C23H26N2O3S/c1-23(2,3)22(26)24-17-9-7-16(8-10-17)18-14-29-21(25-18)13-15-6-11-19(27-4)20(12-15)28-5/h6-12,14H,13H2,1-5H3,(H,24,26). The molecule has 1 heterocycles. The number of amides is 1. The minimum atomic E-state index is -0.424. The monoisotopic (exact) mass is 410 g/mol. The van der Waals surface area contributed by atoms with Crippen LogP contribution in [0.5, 0.6) is 11.5 Å². The van der Waals surface area contributed by atoms with Gasteiger partial charge in [-0.05, 0) is 29.8 Å². The van der Waals surface area contributed by atoms with E-state index >= 15 is 0 Å². The first-order valence-corrected chi connectivity index (χ1v) is 10.3. The zero-order chi connectivity index (χ0) is 21.0. The van der Waals surface area contributed by atoms with Crippen molar-refractivity contribution < 1.29 is 14.3 Å². The summed E-state index contributed by atoms with van der Waals surface area (Å²) in [4.78, 5) is 16.9. The second-order valence-corrected chi connectivity index (χ2v) is 8.72. The predicted molar refractivity (Wildman–Crippen MR) is 118 cm³/mol. The molecule has 2 aromatic carbocycles. The van der Waals surface area contributed by atoms with Gasteiger partial charge in [0.15, 0.2) is 11.5 Å². The molecule has 0 bridgehead atoms. The van der Waals surface area contributed by atoms with Crippen molar-refractivity contribution in [3.8, 4) is 22.8 Å². The van der Waals surface area contributed by atoms with Gasteiger partial charge in [0.2, 0.25) is 5.91 Å². The van der Waals surface area contributed by atoms with E-state index < -0.39 is 5.41 Å². The third-order valence-electron chi connectivity index (χ3n) is 4.47. The fourth-order valence-corrected chi connectivity index (χ4v) is 3.57. The minimum absolute atomic E-state index is 0.00360. The van der Waals surface area contributed by atoms with Gasteiger partial charge < -0.3 is 14.8 Å². The maximum atomic E-state index is 12.1. The van der Waals surface area contributed by atoms with E-state index in [1.807, 2.05) is 63.2 Å². The van der Waals surface area contributed by atoms with Crippen molar-refractivity contribution in [2.45, 2.75) is 27.2 Å². The molecule has 0 fully saturated rings. The average molecular weight is 411 g/mol. The Morgan fingerprint density at radius 1 is 1.03 bits per heavy atom. The highest BCUT2D eigenvalue weighted by Gasteiger charge is 2.21. The minimum Gasteiger partial charge on any atom is -0.493 e. The molecule has 3 aromatic rings. The molecule has 3 rings (SSSR count). The van der Waals surface area contributed by atoms with Gasteiger partial charge in [0.25, 0.3) is 0 Å². The van der Waals surface area contributed by atoms with Crippen molar-refractivity contribution in [2.24, 2.45) is 5.41 Å². The van der Waals surface area contributed by atoms with Crippen molar-refractivity contribution in [1.82, 2.24) is 4.98 Å². The number of methoxy groups -OCH3 is 2. The molecule has 0 atom stereocenters. The number of hydrogen-bond donors (Lipinski definition) is 1. The number of aromatic nitrogens is 1. The lowest BCUT2D eigenvalue weighted by molar-refractivity contribution is -0.123. The average Bonchev–Trinajstić information content (AvgIpc) is 3.16. The molecule has 152 valence electrons. The fourth-order valence-electron chi connectivity index (χ4n) is 2.73. The van der Waals surface area contributed by atoms with Crippen LogP contribution < -0.4 is 14.8 Å². The number of carbonyl (C=O) groups excluding carboxylic acids is 1. The van der Waals surface area contributed by atoms with Crippen LogP contribution in [-0.2, 0) is 11.2 Å². The maximum Gasteiger partial charge on any atom is 0.229 e. The molecule has 1 amide bonds. The molecule has 0 radical (unpaired) electrons. The fraction of sp³-hybridized carbons (Fsp3) is 0.304. The van der Waals surface area contributed by atoms with Crippen LogP contribution in [0.3, 0.4) is 0 Å². The lowest BCUT2D eigenvalue weighted by atomic mass is 9.95. The number of thiazole rings is 1. The van der Waals surface area contributed by atoms with E-state index in [4.69, 9.17) is 14.5 Å². The highest BCUT2D eigenvalue weighted by atomic mass is 32.1. The van der Waals surface area contributed by atoms with Gasteiger partial charge in [-0.1, -0.05) is 39.0 Å². The van der Waals surface area contributed by atoms with Crippen molar-refractivity contribution in [1.29, 1.82) is 0 Å². The highest BCUT2D eigenvalue weighted by Crippen LogP contribution is 2.30. The first kappa shape index (κ1) is 20.9. The second kappa shape index (κ2) is 8.66. The lowest BCUT2D eigenvalue weighted by Crippen LogP contribution is -2.27. The third-order valence-corrected chi connectivity index (χ3v) is 5.32. The molecule has 29 heavy (non-hydrogen) atoms. The van der Waals surface area contributed by atoms with Crippen molar-refractivity contribution in [3.05, 3.63) is 58.4 Å². The van der Waals surface area contributed by atoms with Crippen LogP contribution in [0.1, 0.15) is 31.3 Å². The maximum absolute atomic E-state index is 12.1. The quantitative estimate of drug-likeness (QED) is 0.591. The third kappa shape index (κ3) is 5.15. The van der Waals surface area contributed by atoms with E-state index in [1.54, 1.807) is 25.6 Å². The van der Waals surface area contributed by atoms with E-state index in [2.05, 4.69) is 10.7 Å². The Bertz CT molecular complexity index is 988. The molecule has 0 saturated carbocycles. The van der Waals surface area contributed by atoms with Crippen LogP contribution in [-0.4, -0.2) is 25.1 Å². The van der Waals surface area contributed by atoms with Gasteiger partial charge in [-0.3, -0.25) is 4.79 Å². The van der Waals surface area contributed by atoms with Gasteiger partial charge in [0, 0.05) is 28.5 Å². The Kier molecular flexibility index (Phi) is 6.23. The van der Waals surface area contributed by atoms with Crippen LogP contribution in [0.4, 0.5) is 5.69 Å². The summed E-state index contributed by atoms with van der Waals surface area (Å²) in [6.45, 7) is 5.68. The zero-order valence-corrected chi connectivity index (χ0v) is 18.2. The number of nitrogens with one attached hydrogen (secondary N) is 1. The second-order valence-electron chi connectivity index (χ2n) is 7.77. The number of carbonyl (C=O) groups is 1. The molecule has 0 aliphatic heterocycles. The molecular formula is C23H26N2O3S. The normalized spacial score (nSPS) is 11.2. The SMILES string of the molecule is COc1ccc(Cc2nc(-c3ccc(NC(=O)C(C)(C)C)cc3)cs2)cc1OC. The van der Waals surface area contributed by atoms with Crippen LogP contribution >= 0.6 is 11.3 Å². The van der Waals surface area contributed by atoms with Gasteiger partial charge in [-0.2, -0.15) is 0 Å². The summed E-state index contributed by atoms with van der Waals surface area (Å²) in [6, 6.07) is 13.7. The first-order chi connectivity index (χ1) is 13.8. The summed E-state index contributed by atoms with van der Waals surface area (Å²) in [7, 11) is 3.27. The Hall–Kier alpha value is -2.86. The molecule has 0 aliphatic rings. The van der Waals surface area contributed by atoms with E-state index in [0.29, 0.717) is 0 Å². The molecule has 0 spiro atoms. The lowest BCUT2D eigenvalue weighted by Gasteiger charge is -2.17. The Labute approximate surface area is 175 Å². The number of hydrogen-bond acceptors (Lipinski definition) is 5. The molecule has 1 aromatic heterocycles. The number of nitrogens with zero attached hydrogens (tertiary/aromatic N) is 1. The van der Waals surface area contributed by atoms with Gasteiger partial charge in [0.05, 0.1) is 24.9 Å². The number of benzene rings is 2. The predicted octanol–water partition coefficient (Wildman–Crippen LogP) is 5.40. The van der Waals surface area contributed by atoms with E-state index in [0.717, 1.165) is 45.4 Å².